The minimum absolute atomic E-state index is 0.0394. The van der Waals surface area contributed by atoms with E-state index in [-0.39, 0.29) is 18.1 Å². The van der Waals surface area contributed by atoms with Gasteiger partial charge in [-0.15, -0.1) is 11.3 Å². The third-order valence-electron chi connectivity index (χ3n) is 3.85. The topological polar surface area (TPSA) is 62.5 Å². The number of aromatic nitrogens is 1. The fourth-order valence-corrected chi connectivity index (χ4v) is 3.51. The minimum Gasteiger partial charge on any atom is -0.508 e. The van der Waals surface area contributed by atoms with Crippen molar-refractivity contribution in [3.05, 3.63) is 69.2 Å². The Bertz CT molecular complexity index is 978. The highest BCUT2D eigenvalue weighted by molar-refractivity contribution is 7.17. The van der Waals surface area contributed by atoms with Crippen molar-refractivity contribution in [2.75, 3.05) is 6.54 Å². The quantitative estimate of drug-likeness (QED) is 0.492. The molecule has 0 fully saturated rings. The van der Waals surface area contributed by atoms with Crippen molar-refractivity contribution in [3.63, 3.8) is 0 Å². The Morgan fingerprint density at radius 2 is 1.96 bits per heavy atom. The summed E-state index contributed by atoms with van der Waals surface area (Å²) in [6.45, 7) is 3.69. The molecule has 1 N–H and O–H groups in total. The Morgan fingerprint density at radius 1 is 1.23 bits per heavy atom. The molecule has 0 unspecified atom stereocenters. The van der Waals surface area contributed by atoms with E-state index in [1.165, 1.54) is 11.3 Å². The van der Waals surface area contributed by atoms with Gasteiger partial charge in [-0.2, -0.15) is 0 Å². The van der Waals surface area contributed by atoms with Gasteiger partial charge in [0.2, 0.25) is 0 Å². The summed E-state index contributed by atoms with van der Waals surface area (Å²) in [4.78, 5) is 21.8. The zero-order valence-electron chi connectivity index (χ0n) is 14.4. The fourth-order valence-electron chi connectivity index (χ4n) is 2.38. The van der Waals surface area contributed by atoms with Gasteiger partial charge in [-0.3, -0.25) is 9.79 Å². The Hall–Kier alpha value is -2.50. The van der Waals surface area contributed by atoms with Crippen LogP contribution in [0.4, 0.5) is 0 Å². The minimum atomic E-state index is -0.0761. The molecule has 6 heteroatoms. The van der Waals surface area contributed by atoms with Crippen LogP contribution in [0.25, 0.3) is 10.6 Å². The molecule has 4 nitrogen and oxygen atoms in total. The van der Waals surface area contributed by atoms with Crippen LogP contribution in [0.2, 0.25) is 5.02 Å². The number of phenols is 1. The number of aliphatic imine (C=N–C) groups is 1. The number of thiazole rings is 1. The molecule has 0 atom stereocenters. The third-order valence-corrected chi connectivity index (χ3v) is 5.35. The number of Topliss-reactive ketones (excluding diaryl/α,β-unsaturated/α-hetero) is 1. The lowest BCUT2D eigenvalue weighted by atomic mass is 10.1. The average Bonchev–Trinajstić information content (AvgIpc) is 3.00. The number of ketones is 1. The first kappa shape index (κ1) is 18.3. The molecular weight excluding hydrogens is 368 g/mol. The van der Waals surface area contributed by atoms with Gasteiger partial charge in [0.25, 0.3) is 0 Å². The van der Waals surface area contributed by atoms with Gasteiger partial charge in [0.15, 0.2) is 5.78 Å². The summed E-state index contributed by atoms with van der Waals surface area (Å²) in [5.41, 5.74) is 3.19. The van der Waals surface area contributed by atoms with Crippen LogP contribution in [0, 0.1) is 13.8 Å². The number of aryl methyl sites for hydroxylation is 2. The van der Waals surface area contributed by atoms with Crippen molar-refractivity contribution < 1.29 is 9.90 Å². The van der Waals surface area contributed by atoms with Crippen LogP contribution in [0.3, 0.4) is 0 Å². The Labute approximate surface area is 160 Å². The predicted molar refractivity (Wildman–Crippen MR) is 107 cm³/mol. The number of benzene rings is 2. The molecule has 0 aliphatic rings. The monoisotopic (exact) mass is 384 g/mol. The number of hydrogen-bond acceptors (Lipinski definition) is 5. The predicted octanol–water partition coefficient (Wildman–Crippen LogP) is 5.09. The SMILES string of the molecule is Cc1ccc(C=NCC(=O)c2sc(-c3ccc(Cl)cc3)nc2C)cc1O. The maximum Gasteiger partial charge on any atom is 0.196 e. The standard InChI is InChI=1S/C20H17ClN2O2S/c1-12-3-4-14(9-17(12)24)10-22-11-18(25)19-13(2)23-20(26-19)15-5-7-16(21)8-6-15/h3-10,24H,11H2,1-2H3. The van der Waals surface area contributed by atoms with Gasteiger partial charge in [-0.05, 0) is 43.2 Å². The first-order valence-electron chi connectivity index (χ1n) is 8.00. The number of carbonyl (C=O) groups is 1. The number of rotatable bonds is 5. The van der Waals surface area contributed by atoms with E-state index in [2.05, 4.69) is 9.98 Å². The molecule has 0 radical (unpaired) electrons. The molecule has 1 aromatic heterocycles. The number of hydrogen-bond donors (Lipinski definition) is 1. The molecule has 0 bridgehead atoms. The van der Waals surface area contributed by atoms with E-state index < -0.39 is 0 Å². The summed E-state index contributed by atoms with van der Waals surface area (Å²) >= 11 is 7.27. The fraction of sp³-hybridized carbons (Fsp3) is 0.150. The Kier molecular flexibility index (Phi) is 5.49. The van der Waals surface area contributed by atoms with Crippen LogP contribution in [-0.4, -0.2) is 28.6 Å². The molecule has 0 aliphatic heterocycles. The molecule has 26 heavy (non-hydrogen) atoms. The lowest BCUT2D eigenvalue weighted by Gasteiger charge is -1.99. The van der Waals surface area contributed by atoms with Gasteiger partial charge >= 0.3 is 0 Å². The Morgan fingerprint density at radius 3 is 2.65 bits per heavy atom. The van der Waals surface area contributed by atoms with Crippen molar-refractivity contribution in [2.45, 2.75) is 13.8 Å². The highest BCUT2D eigenvalue weighted by Gasteiger charge is 2.15. The molecule has 1 heterocycles. The molecule has 2 aromatic carbocycles. The molecule has 132 valence electrons. The zero-order valence-corrected chi connectivity index (χ0v) is 15.9. The highest BCUT2D eigenvalue weighted by atomic mass is 35.5. The van der Waals surface area contributed by atoms with Gasteiger partial charge in [-0.25, -0.2) is 4.98 Å². The van der Waals surface area contributed by atoms with E-state index in [1.54, 1.807) is 24.4 Å². The molecule has 0 spiro atoms. The zero-order chi connectivity index (χ0) is 18.7. The molecule has 0 saturated carbocycles. The molecule has 0 saturated heterocycles. The second kappa shape index (κ2) is 7.81. The van der Waals surface area contributed by atoms with Crippen molar-refractivity contribution >= 4 is 34.9 Å². The third kappa shape index (κ3) is 4.18. The van der Waals surface area contributed by atoms with Crippen molar-refractivity contribution in [1.82, 2.24) is 4.98 Å². The second-order valence-electron chi connectivity index (χ2n) is 5.88. The molecule has 3 aromatic rings. The van der Waals surface area contributed by atoms with E-state index in [4.69, 9.17) is 11.6 Å². The molecular formula is C20H17ClN2O2S. The van der Waals surface area contributed by atoms with Crippen LogP contribution >= 0.6 is 22.9 Å². The number of halogens is 1. The molecule has 3 rings (SSSR count). The Balaban J connectivity index is 1.72. The molecule has 0 amide bonds. The van der Waals surface area contributed by atoms with Crippen LogP contribution in [0.5, 0.6) is 5.75 Å². The average molecular weight is 385 g/mol. The summed E-state index contributed by atoms with van der Waals surface area (Å²) in [6.07, 6.45) is 1.59. The van der Waals surface area contributed by atoms with Crippen LogP contribution < -0.4 is 0 Å². The highest BCUT2D eigenvalue weighted by Crippen LogP contribution is 2.29. The van der Waals surface area contributed by atoms with Crippen LogP contribution in [-0.2, 0) is 0 Å². The van der Waals surface area contributed by atoms with E-state index in [0.29, 0.717) is 15.6 Å². The summed E-state index contributed by atoms with van der Waals surface area (Å²) < 4.78 is 0. The van der Waals surface area contributed by atoms with Gasteiger partial charge in [0, 0.05) is 16.8 Å². The lowest BCUT2D eigenvalue weighted by molar-refractivity contribution is 0.100. The number of aromatic hydroxyl groups is 1. The summed E-state index contributed by atoms with van der Waals surface area (Å²) in [7, 11) is 0. The number of carbonyl (C=O) groups excluding carboxylic acids is 1. The summed E-state index contributed by atoms with van der Waals surface area (Å²) in [5.74, 6) is 0.138. The summed E-state index contributed by atoms with van der Waals surface area (Å²) in [6, 6.07) is 12.7. The van der Waals surface area contributed by atoms with Crippen LogP contribution in [0.15, 0.2) is 47.5 Å². The van der Waals surface area contributed by atoms with Crippen molar-refractivity contribution in [1.29, 1.82) is 0 Å². The van der Waals surface area contributed by atoms with E-state index in [9.17, 15) is 9.90 Å². The first-order chi connectivity index (χ1) is 12.4. The van der Waals surface area contributed by atoms with Gasteiger partial charge in [-0.1, -0.05) is 35.9 Å². The van der Waals surface area contributed by atoms with E-state index in [1.807, 2.05) is 38.1 Å². The van der Waals surface area contributed by atoms with Gasteiger partial charge in [0.05, 0.1) is 10.6 Å². The first-order valence-corrected chi connectivity index (χ1v) is 9.19. The maximum atomic E-state index is 12.5. The lowest BCUT2D eigenvalue weighted by Crippen LogP contribution is -2.03. The second-order valence-corrected chi connectivity index (χ2v) is 7.31. The number of nitrogens with zero attached hydrogens (tertiary/aromatic N) is 2. The van der Waals surface area contributed by atoms with Gasteiger partial charge < -0.3 is 5.11 Å². The summed E-state index contributed by atoms with van der Waals surface area (Å²) in [5, 5.41) is 11.2. The largest absolute Gasteiger partial charge is 0.508 e. The smallest absolute Gasteiger partial charge is 0.196 e. The van der Waals surface area contributed by atoms with Gasteiger partial charge in [0.1, 0.15) is 17.3 Å². The van der Waals surface area contributed by atoms with E-state index >= 15 is 0 Å². The van der Waals surface area contributed by atoms with Crippen LogP contribution in [0.1, 0.15) is 26.5 Å². The maximum absolute atomic E-state index is 12.5. The normalized spacial score (nSPS) is 11.2. The van der Waals surface area contributed by atoms with E-state index in [0.717, 1.165) is 21.7 Å². The molecule has 0 aliphatic carbocycles. The van der Waals surface area contributed by atoms with Crippen molar-refractivity contribution in [2.24, 2.45) is 4.99 Å². The van der Waals surface area contributed by atoms with Crippen molar-refractivity contribution in [3.8, 4) is 16.3 Å². The number of phenolic OH excluding ortho intramolecular Hbond substituents is 1.